The second kappa shape index (κ2) is 6.43. The lowest BCUT2D eigenvalue weighted by Crippen LogP contribution is -2.41. The smallest absolute Gasteiger partial charge is 0.252 e. The predicted octanol–water partition coefficient (Wildman–Crippen LogP) is 4.20. The van der Waals surface area contributed by atoms with Gasteiger partial charge in [-0.15, -0.1) is 0 Å². The van der Waals surface area contributed by atoms with E-state index in [0.717, 1.165) is 28.7 Å². The van der Waals surface area contributed by atoms with E-state index in [-0.39, 0.29) is 18.0 Å². The van der Waals surface area contributed by atoms with Crippen molar-refractivity contribution in [1.82, 2.24) is 20.1 Å². The Bertz CT molecular complexity index is 790. The molecule has 0 spiro atoms. The normalized spacial score (nSPS) is 24.0. The van der Waals surface area contributed by atoms with Gasteiger partial charge in [0.25, 0.3) is 5.91 Å². The van der Waals surface area contributed by atoms with Crippen LogP contribution in [0.2, 0.25) is 0 Å². The van der Waals surface area contributed by atoms with Gasteiger partial charge in [0.05, 0.1) is 17.1 Å². The molecule has 2 saturated carbocycles. The Hall–Kier alpha value is -1.91. The van der Waals surface area contributed by atoms with Crippen molar-refractivity contribution in [3.8, 4) is 0 Å². The zero-order valence-corrected chi connectivity index (χ0v) is 15.5. The van der Waals surface area contributed by atoms with Crippen LogP contribution in [0.15, 0.2) is 12.3 Å². The van der Waals surface area contributed by atoms with E-state index in [2.05, 4.69) is 31.2 Å². The summed E-state index contributed by atoms with van der Waals surface area (Å²) in [7, 11) is 0. The quantitative estimate of drug-likeness (QED) is 0.907. The number of fused-ring (bicyclic) bond motifs is 1. The lowest BCUT2D eigenvalue weighted by molar-refractivity contribution is 0.0912. The molecule has 2 atom stereocenters. The van der Waals surface area contributed by atoms with Crippen molar-refractivity contribution in [1.29, 1.82) is 0 Å². The number of amides is 1. The summed E-state index contributed by atoms with van der Waals surface area (Å²) in [6.07, 6.45) is 8.93. The molecular weight excluding hydrogens is 312 g/mol. The average Bonchev–Trinajstić information content (AvgIpc) is 3.35. The third-order valence-corrected chi connectivity index (χ3v) is 5.74. The van der Waals surface area contributed by atoms with Gasteiger partial charge in [-0.25, -0.2) is 9.67 Å². The summed E-state index contributed by atoms with van der Waals surface area (Å²) >= 11 is 0. The van der Waals surface area contributed by atoms with Gasteiger partial charge < -0.3 is 5.32 Å². The third kappa shape index (κ3) is 3.16. The molecule has 5 heteroatoms. The standard InChI is InChI=1S/C20H28N4O/c1-12(2)24-19-16(11-21-24)15(10-18(22-19)14-8-9-14)20(25)23-17-7-5-4-6-13(17)3/h10-14,17H,4-9H2,1-3H3,(H,23,25). The molecule has 2 unspecified atom stereocenters. The van der Waals surface area contributed by atoms with Crippen LogP contribution in [0.4, 0.5) is 0 Å². The Morgan fingerprint density at radius 2 is 2.00 bits per heavy atom. The van der Waals surface area contributed by atoms with E-state index in [4.69, 9.17) is 4.98 Å². The van der Waals surface area contributed by atoms with Crippen LogP contribution < -0.4 is 5.32 Å². The first-order valence-corrected chi connectivity index (χ1v) is 9.73. The zero-order chi connectivity index (χ0) is 17.6. The summed E-state index contributed by atoms with van der Waals surface area (Å²) in [5.41, 5.74) is 2.65. The summed E-state index contributed by atoms with van der Waals surface area (Å²) in [6, 6.07) is 2.53. The third-order valence-electron chi connectivity index (χ3n) is 5.74. The summed E-state index contributed by atoms with van der Waals surface area (Å²) in [4.78, 5) is 17.9. The van der Waals surface area contributed by atoms with Crippen molar-refractivity contribution >= 4 is 16.9 Å². The molecule has 1 amide bonds. The molecule has 0 radical (unpaired) electrons. The highest BCUT2D eigenvalue weighted by Crippen LogP contribution is 2.40. The van der Waals surface area contributed by atoms with Crippen LogP contribution in [0.25, 0.3) is 11.0 Å². The van der Waals surface area contributed by atoms with Crippen molar-refractivity contribution in [2.24, 2.45) is 5.92 Å². The van der Waals surface area contributed by atoms with Crippen LogP contribution in [-0.2, 0) is 0 Å². The molecule has 2 aromatic heterocycles. The van der Waals surface area contributed by atoms with Gasteiger partial charge in [-0.1, -0.05) is 19.8 Å². The summed E-state index contributed by atoms with van der Waals surface area (Å²) in [5, 5.41) is 8.67. The highest BCUT2D eigenvalue weighted by atomic mass is 16.1. The summed E-state index contributed by atoms with van der Waals surface area (Å²) in [5.74, 6) is 1.10. The number of hydrogen-bond donors (Lipinski definition) is 1. The van der Waals surface area contributed by atoms with Crippen molar-refractivity contribution in [2.45, 2.75) is 77.3 Å². The molecule has 5 nitrogen and oxygen atoms in total. The van der Waals surface area contributed by atoms with Crippen LogP contribution in [0.3, 0.4) is 0 Å². The summed E-state index contributed by atoms with van der Waals surface area (Å²) < 4.78 is 1.93. The predicted molar refractivity (Wildman–Crippen MR) is 98.8 cm³/mol. The van der Waals surface area contributed by atoms with Crippen LogP contribution in [0.1, 0.15) is 87.3 Å². The monoisotopic (exact) mass is 340 g/mol. The molecule has 0 aliphatic heterocycles. The van der Waals surface area contributed by atoms with E-state index in [1.54, 1.807) is 6.20 Å². The molecule has 2 aromatic rings. The minimum atomic E-state index is 0.0383. The fraction of sp³-hybridized carbons (Fsp3) is 0.650. The molecule has 0 bridgehead atoms. The Morgan fingerprint density at radius 3 is 2.68 bits per heavy atom. The molecule has 2 heterocycles. The average molecular weight is 340 g/mol. The van der Waals surface area contributed by atoms with Crippen molar-refractivity contribution in [3.63, 3.8) is 0 Å². The van der Waals surface area contributed by atoms with Gasteiger partial charge in [0, 0.05) is 23.7 Å². The number of hydrogen-bond acceptors (Lipinski definition) is 3. The largest absolute Gasteiger partial charge is 0.349 e. The van der Waals surface area contributed by atoms with E-state index in [9.17, 15) is 4.79 Å². The van der Waals surface area contributed by atoms with Crippen molar-refractivity contribution < 1.29 is 4.79 Å². The minimum absolute atomic E-state index is 0.0383. The fourth-order valence-electron chi connectivity index (χ4n) is 3.97. The first-order chi connectivity index (χ1) is 12.0. The van der Waals surface area contributed by atoms with Crippen LogP contribution in [0.5, 0.6) is 0 Å². The molecule has 25 heavy (non-hydrogen) atoms. The van der Waals surface area contributed by atoms with Gasteiger partial charge in [-0.05, 0) is 51.5 Å². The first kappa shape index (κ1) is 16.6. The maximum atomic E-state index is 13.1. The molecule has 4 rings (SSSR count). The molecule has 0 saturated heterocycles. The van der Waals surface area contributed by atoms with Crippen molar-refractivity contribution in [3.05, 3.63) is 23.5 Å². The van der Waals surface area contributed by atoms with E-state index < -0.39 is 0 Å². The maximum Gasteiger partial charge on any atom is 0.252 e. The number of carbonyl (C=O) groups excluding carboxylic acids is 1. The highest BCUT2D eigenvalue weighted by Gasteiger charge is 2.29. The van der Waals surface area contributed by atoms with E-state index in [0.29, 0.717) is 11.8 Å². The Kier molecular flexibility index (Phi) is 4.26. The fourth-order valence-corrected chi connectivity index (χ4v) is 3.97. The molecule has 2 fully saturated rings. The lowest BCUT2D eigenvalue weighted by Gasteiger charge is -2.29. The zero-order valence-electron chi connectivity index (χ0n) is 15.5. The molecule has 2 aliphatic carbocycles. The highest BCUT2D eigenvalue weighted by molar-refractivity contribution is 6.05. The van der Waals surface area contributed by atoms with Crippen LogP contribution >= 0.6 is 0 Å². The number of nitrogens with zero attached hydrogens (tertiary/aromatic N) is 3. The lowest BCUT2D eigenvalue weighted by atomic mass is 9.86. The first-order valence-electron chi connectivity index (χ1n) is 9.73. The van der Waals surface area contributed by atoms with Crippen molar-refractivity contribution in [2.75, 3.05) is 0 Å². The number of carbonyl (C=O) groups is 1. The second-order valence-corrected chi connectivity index (χ2v) is 8.13. The minimum Gasteiger partial charge on any atom is -0.349 e. The molecule has 134 valence electrons. The summed E-state index contributed by atoms with van der Waals surface area (Å²) in [6.45, 7) is 6.45. The number of nitrogens with one attached hydrogen (secondary N) is 1. The number of rotatable bonds is 4. The van der Waals surface area contributed by atoms with Gasteiger partial charge in [0.2, 0.25) is 0 Å². The maximum absolute atomic E-state index is 13.1. The topological polar surface area (TPSA) is 59.8 Å². The van der Waals surface area contributed by atoms with Gasteiger partial charge >= 0.3 is 0 Å². The number of pyridine rings is 1. The molecule has 0 aromatic carbocycles. The SMILES string of the molecule is CC1CCCCC1NC(=O)c1cc(C2CC2)nc2c1cnn2C(C)C. The van der Waals surface area contributed by atoms with Gasteiger partial charge in [0.15, 0.2) is 5.65 Å². The number of aromatic nitrogens is 3. The Morgan fingerprint density at radius 1 is 1.24 bits per heavy atom. The second-order valence-electron chi connectivity index (χ2n) is 8.13. The van der Waals surface area contributed by atoms with Gasteiger partial charge in [-0.3, -0.25) is 4.79 Å². The van der Waals surface area contributed by atoms with E-state index >= 15 is 0 Å². The Labute approximate surface area is 149 Å². The van der Waals surface area contributed by atoms with Gasteiger partial charge in [0.1, 0.15) is 0 Å². The van der Waals surface area contributed by atoms with E-state index in [1.807, 2.05) is 10.7 Å². The Balaban J connectivity index is 1.71. The van der Waals surface area contributed by atoms with E-state index in [1.165, 1.54) is 32.1 Å². The van der Waals surface area contributed by atoms with Gasteiger partial charge in [-0.2, -0.15) is 5.10 Å². The molecular formula is C20H28N4O. The molecule has 1 N–H and O–H groups in total. The molecule has 2 aliphatic rings. The van der Waals surface area contributed by atoms with Crippen LogP contribution in [0, 0.1) is 5.92 Å². The van der Waals surface area contributed by atoms with Crippen LogP contribution in [-0.4, -0.2) is 26.7 Å².